The Balaban J connectivity index is 1.61. The maximum Gasteiger partial charge on any atom is 0.265 e. The highest BCUT2D eigenvalue weighted by atomic mass is 35.5. The van der Waals surface area contributed by atoms with E-state index in [2.05, 4.69) is 15.7 Å². The minimum Gasteiger partial charge on any atom is -0.479 e. The molecule has 0 spiro atoms. The van der Waals surface area contributed by atoms with Crippen LogP contribution in [-0.4, -0.2) is 27.7 Å². The van der Waals surface area contributed by atoms with Crippen molar-refractivity contribution in [3.05, 3.63) is 64.9 Å². The zero-order chi connectivity index (χ0) is 19.8. The predicted molar refractivity (Wildman–Crippen MR) is 106 cm³/mol. The molecular formula is C20H17ClN4O3. The van der Waals surface area contributed by atoms with Crippen LogP contribution in [0.15, 0.2) is 48.5 Å². The summed E-state index contributed by atoms with van der Waals surface area (Å²) in [5.74, 6) is -0.0729. The number of fused-ring (bicyclic) bond motifs is 1. The number of nitrogens with one attached hydrogen (secondary N) is 2. The predicted octanol–water partition coefficient (Wildman–Crippen LogP) is 3.81. The normalized spacial score (nSPS) is 15.4. The van der Waals surface area contributed by atoms with Crippen molar-refractivity contribution >= 4 is 34.8 Å². The van der Waals surface area contributed by atoms with E-state index in [-0.39, 0.29) is 22.5 Å². The molecule has 1 unspecified atom stereocenters. The molecule has 8 heteroatoms. The van der Waals surface area contributed by atoms with Crippen molar-refractivity contribution in [3.8, 4) is 11.4 Å². The molecule has 0 saturated heterocycles. The van der Waals surface area contributed by atoms with Crippen LogP contribution in [0.5, 0.6) is 5.75 Å². The molecule has 1 atom stereocenters. The summed E-state index contributed by atoms with van der Waals surface area (Å²) >= 11 is 6.44. The van der Waals surface area contributed by atoms with Crippen LogP contribution >= 0.6 is 11.6 Å². The lowest BCUT2D eigenvalue weighted by Gasteiger charge is -2.23. The Kier molecular flexibility index (Phi) is 4.52. The first kappa shape index (κ1) is 18.1. The molecule has 0 fully saturated rings. The second-order valence-electron chi connectivity index (χ2n) is 6.41. The Morgan fingerprint density at radius 1 is 1.25 bits per heavy atom. The van der Waals surface area contributed by atoms with Crippen LogP contribution in [-0.2, 0) is 4.79 Å². The zero-order valence-electron chi connectivity index (χ0n) is 15.2. The number of para-hydroxylation sites is 1. The number of anilines is 2. The smallest absolute Gasteiger partial charge is 0.265 e. The van der Waals surface area contributed by atoms with Crippen LogP contribution in [0.3, 0.4) is 0 Å². The maximum atomic E-state index is 12.8. The van der Waals surface area contributed by atoms with Crippen LogP contribution in [0, 0.1) is 6.92 Å². The number of carbonyl (C=O) groups is 2. The molecule has 7 nitrogen and oxygen atoms in total. The number of benzene rings is 2. The monoisotopic (exact) mass is 396 g/mol. The van der Waals surface area contributed by atoms with Gasteiger partial charge in [-0.2, -0.15) is 5.10 Å². The second-order valence-corrected chi connectivity index (χ2v) is 6.77. The second kappa shape index (κ2) is 7.01. The fraction of sp³-hybridized carbons (Fsp3) is 0.150. The molecule has 142 valence electrons. The number of hydrogen-bond donors (Lipinski definition) is 2. The molecule has 0 radical (unpaired) electrons. The first-order valence-corrected chi connectivity index (χ1v) is 9.05. The molecule has 1 aliphatic heterocycles. The number of amides is 2. The Morgan fingerprint density at radius 2 is 2.00 bits per heavy atom. The summed E-state index contributed by atoms with van der Waals surface area (Å²) in [6, 6.07) is 14.4. The summed E-state index contributed by atoms with van der Waals surface area (Å²) in [5, 5.41) is 10.2. The average molecular weight is 397 g/mol. The van der Waals surface area contributed by atoms with Crippen molar-refractivity contribution in [2.45, 2.75) is 20.0 Å². The van der Waals surface area contributed by atoms with E-state index in [1.165, 1.54) is 4.68 Å². The quantitative estimate of drug-likeness (QED) is 0.705. The van der Waals surface area contributed by atoms with Gasteiger partial charge in [0, 0.05) is 5.69 Å². The van der Waals surface area contributed by atoms with Gasteiger partial charge in [0.15, 0.2) is 6.10 Å². The third kappa shape index (κ3) is 3.20. The Morgan fingerprint density at radius 3 is 2.75 bits per heavy atom. The van der Waals surface area contributed by atoms with Crippen LogP contribution in [0.4, 0.5) is 11.4 Å². The minimum absolute atomic E-state index is 0.227. The number of aromatic nitrogens is 2. The molecule has 4 rings (SSSR count). The number of rotatable bonds is 3. The molecule has 1 aliphatic rings. The van der Waals surface area contributed by atoms with Gasteiger partial charge in [0.05, 0.1) is 17.1 Å². The van der Waals surface area contributed by atoms with E-state index in [1.54, 1.807) is 32.0 Å². The molecular weight excluding hydrogens is 380 g/mol. The van der Waals surface area contributed by atoms with Crippen molar-refractivity contribution < 1.29 is 14.3 Å². The van der Waals surface area contributed by atoms with Crippen molar-refractivity contribution in [2.24, 2.45) is 0 Å². The molecule has 0 aliphatic carbocycles. The molecule has 1 aromatic heterocycles. The van der Waals surface area contributed by atoms with Gasteiger partial charge in [-0.15, -0.1) is 0 Å². The highest BCUT2D eigenvalue weighted by molar-refractivity contribution is 6.34. The van der Waals surface area contributed by atoms with E-state index >= 15 is 0 Å². The molecule has 2 aromatic carbocycles. The van der Waals surface area contributed by atoms with E-state index in [9.17, 15) is 9.59 Å². The number of hydrogen-bond acceptors (Lipinski definition) is 4. The van der Waals surface area contributed by atoms with Gasteiger partial charge < -0.3 is 15.4 Å². The Labute approximate surface area is 166 Å². The van der Waals surface area contributed by atoms with Gasteiger partial charge in [0.1, 0.15) is 16.5 Å². The SMILES string of the molecule is Cc1nn(-c2ccccc2)c(Cl)c1C(=O)Nc1ccc2c(c1)NC(=O)C(C)O2. The summed E-state index contributed by atoms with van der Waals surface area (Å²) in [4.78, 5) is 24.6. The summed E-state index contributed by atoms with van der Waals surface area (Å²) in [5.41, 5.74) is 2.57. The van der Waals surface area contributed by atoms with Gasteiger partial charge in [0.25, 0.3) is 11.8 Å². The van der Waals surface area contributed by atoms with E-state index < -0.39 is 6.10 Å². The van der Waals surface area contributed by atoms with Gasteiger partial charge in [-0.3, -0.25) is 9.59 Å². The van der Waals surface area contributed by atoms with E-state index in [0.717, 1.165) is 5.69 Å². The molecule has 2 heterocycles. The molecule has 2 N–H and O–H groups in total. The Bertz CT molecular complexity index is 1080. The largest absolute Gasteiger partial charge is 0.479 e. The van der Waals surface area contributed by atoms with Crippen molar-refractivity contribution in [3.63, 3.8) is 0 Å². The lowest BCUT2D eigenvalue weighted by Crippen LogP contribution is -2.34. The first-order valence-electron chi connectivity index (χ1n) is 8.67. The minimum atomic E-state index is -0.557. The maximum absolute atomic E-state index is 12.8. The van der Waals surface area contributed by atoms with Crippen LogP contribution in [0.2, 0.25) is 5.15 Å². The van der Waals surface area contributed by atoms with E-state index in [0.29, 0.717) is 22.8 Å². The molecule has 0 bridgehead atoms. The fourth-order valence-corrected chi connectivity index (χ4v) is 3.34. The third-order valence-corrected chi connectivity index (χ3v) is 4.75. The molecule has 28 heavy (non-hydrogen) atoms. The van der Waals surface area contributed by atoms with Crippen LogP contribution < -0.4 is 15.4 Å². The lowest BCUT2D eigenvalue weighted by atomic mass is 10.2. The lowest BCUT2D eigenvalue weighted by molar-refractivity contribution is -0.122. The molecule has 3 aromatic rings. The van der Waals surface area contributed by atoms with E-state index in [4.69, 9.17) is 16.3 Å². The average Bonchev–Trinajstić information content (AvgIpc) is 2.98. The van der Waals surface area contributed by atoms with Crippen molar-refractivity contribution in [1.82, 2.24) is 9.78 Å². The van der Waals surface area contributed by atoms with Gasteiger partial charge >= 0.3 is 0 Å². The number of aryl methyl sites for hydroxylation is 1. The fourth-order valence-electron chi connectivity index (χ4n) is 2.98. The summed E-state index contributed by atoms with van der Waals surface area (Å²) in [6.07, 6.45) is -0.557. The van der Waals surface area contributed by atoms with E-state index in [1.807, 2.05) is 30.3 Å². The number of halogens is 1. The van der Waals surface area contributed by atoms with Crippen molar-refractivity contribution in [1.29, 1.82) is 0 Å². The summed E-state index contributed by atoms with van der Waals surface area (Å²) < 4.78 is 7.04. The Hall–Kier alpha value is -3.32. The van der Waals surface area contributed by atoms with Gasteiger partial charge in [-0.1, -0.05) is 29.8 Å². The van der Waals surface area contributed by atoms with Crippen LogP contribution in [0.1, 0.15) is 23.0 Å². The third-order valence-electron chi connectivity index (χ3n) is 4.40. The van der Waals surface area contributed by atoms with Gasteiger partial charge in [-0.25, -0.2) is 4.68 Å². The standard InChI is InChI=1S/C20H17ClN4O3/c1-11-17(18(21)25(24-11)14-6-4-3-5-7-14)20(27)22-13-8-9-16-15(10-13)23-19(26)12(2)28-16/h3-10,12H,1-2H3,(H,22,27)(H,23,26). The van der Waals surface area contributed by atoms with Crippen LogP contribution in [0.25, 0.3) is 5.69 Å². The number of nitrogens with zero attached hydrogens (tertiary/aromatic N) is 2. The number of ether oxygens (including phenoxy) is 1. The first-order chi connectivity index (χ1) is 13.4. The van der Waals surface area contributed by atoms with Gasteiger partial charge in [0.2, 0.25) is 0 Å². The summed E-state index contributed by atoms with van der Waals surface area (Å²) in [7, 11) is 0. The van der Waals surface area contributed by atoms with Crippen molar-refractivity contribution in [2.75, 3.05) is 10.6 Å². The summed E-state index contributed by atoms with van der Waals surface area (Å²) in [6.45, 7) is 3.39. The highest BCUT2D eigenvalue weighted by Crippen LogP contribution is 2.32. The topological polar surface area (TPSA) is 85.3 Å². The number of carbonyl (C=O) groups excluding carboxylic acids is 2. The molecule has 0 saturated carbocycles. The van der Waals surface area contributed by atoms with Gasteiger partial charge in [-0.05, 0) is 44.2 Å². The highest BCUT2D eigenvalue weighted by Gasteiger charge is 2.25. The molecule has 2 amide bonds. The zero-order valence-corrected chi connectivity index (χ0v) is 15.9.